The number of halogens is 1. The van der Waals surface area contributed by atoms with Gasteiger partial charge >= 0.3 is 0 Å². The molecule has 1 aromatic rings. The average molecular weight is 356 g/mol. The number of nitrogens with one attached hydrogen (secondary N) is 1. The monoisotopic (exact) mass is 355 g/mol. The number of hydrogen-bond acceptors (Lipinski definition) is 4. The van der Waals surface area contributed by atoms with Gasteiger partial charge in [0.05, 0.1) is 19.3 Å². The lowest BCUT2D eigenvalue weighted by Crippen LogP contribution is -2.38. The summed E-state index contributed by atoms with van der Waals surface area (Å²) in [6.45, 7) is 1.86. The third-order valence-corrected chi connectivity index (χ3v) is 4.62. The van der Waals surface area contributed by atoms with E-state index < -0.39 is 6.10 Å². The zero-order valence-electron chi connectivity index (χ0n) is 14.4. The van der Waals surface area contributed by atoms with Gasteiger partial charge in [-0.05, 0) is 37.1 Å². The Balaban J connectivity index is 1.49. The molecule has 24 heavy (non-hydrogen) atoms. The van der Waals surface area contributed by atoms with E-state index >= 15 is 0 Å². The van der Waals surface area contributed by atoms with Crippen LogP contribution < -0.4 is 10.1 Å². The third kappa shape index (κ3) is 8.34. The molecule has 0 saturated heterocycles. The molecule has 1 aromatic carbocycles. The van der Waals surface area contributed by atoms with Crippen LogP contribution in [0.5, 0.6) is 5.75 Å². The first-order chi connectivity index (χ1) is 11.7. The molecule has 1 saturated carbocycles. The molecule has 5 heteroatoms. The Hall–Kier alpha value is -0.810. The fourth-order valence-corrected chi connectivity index (χ4v) is 3.12. The Morgan fingerprint density at radius 1 is 1.04 bits per heavy atom. The largest absolute Gasteiger partial charge is 0.491 e. The molecule has 1 aliphatic rings. The van der Waals surface area contributed by atoms with E-state index in [1.807, 2.05) is 12.1 Å². The molecule has 0 heterocycles. The Kier molecular flexibility index (Phi) is 9.51. The van der Waals surface area contributed by atoms with Crippen molar-refractivity contribution in [2.45, 2.75) is 57.1 Å². The molecule has 0 aliphatic heterocycles. The van der Waals surface area contributed by atoms with Crippen LogP contribution in [-0.2, 0) is 4.74 Å². The SMILES string of the molecule is O[C@@H](CNC1CCCCCCC1)COCCOc1ccc(Cl)cc1. The van der Waals surface area contributed by atoms with Gasteiger partial charge in [0.25, 0.3) is 0 Å². The lowest BCUT2D eigenvalue weighted by atomic mass is 9.97. The standard InChI is InChI=1S/C19H30ClNO3/c20-16-8-10-19(11-9-16)24-13-12-23-15-18(22)14-21-17-6-4-2-1-3-5-7-17/h8-11,17-18,21-22H,1-7,12-15H2/t18-/m0/s1. The van der Waals surface area contributed by atoms with Gasteiger partial charge < -0.3 is 19.9 Å². The smallest absolute Gasteiger partial charge is 0.119 e. The summed E-state index contributed by atoms with van der Waals surface area (Å²) >= 11 is 5.82. The van der Waals surface area contributed by atoms with Crippen molar-refractivity contribution in [3.63, 3.8) is 0 Å². The highest BCUT2D eigenvalue weighted by atomic mass is 35.5. The summed E-state index contributed by atoms with van der Waals surface area (Å²) in [6.07, 6.45) is 8.64. The normalized spacial score (nSPS) is 17.9. The van der Waals surface area contributed by atoms with Gasteiger partial charge in [-0.1, -0.05) is 43.7 Å². The number of aliphatic hydroxyl groups is 1. The molecular weight excluding hydrogens is 326 g/mol. The van der Waals surface area contributed by atoms with Gasteiger partial charge in [-0.2, -0.15) is 0 Å². The minimum atomic E-state index is -0.467. The fourth-order valence-electron chi connectivity index (χ4n) is 2.99. The molecule has 0 spiro atoms. The summed E-state index contributed by atoms with van der Waals surface area (Å²) in [5, 5.41) is 14.2. The van der Waals surface area contributed by atoms with E-state index in [0.717, 1.165) is 5.75 Å². The van der Waals surface area contributed by atoms with Crippen LogP contribution in [0, 0.1) is 0 Å². The molecule has 0 unspecified atom stereocenters. The van der Waals surface area contributed by atoms with Crippen molar-refractivity contribution >= 4 is 11.6 Å². The number of aliphatic hydroxyl groups excluding tert-OH is 1. The van der Waals surface area contributed by atoms with Gasteiger partial charge in [-0.25, -0.2) is 0 Å². The van der Waals surface area contributed by atoms with Gasteiger partial charge in [-0.3, -0.25) is 0 Å². The van der Waals surface area contributed by atoms with E-state index in [9.17, 15) is 5.11 Å². The first-order valence-corrected chi connectivity index (χ1v) is 9.49. The Morgan fingerprint density at radius 2 is 1.71 bits per heavy atom. The predicted molar refractivity (Wildman–Crippen MR) is 97.9 cm³/mol. The molecule has 0 radical (unpaired) electrons. The summed E-state index contributed by atoms with van der Waals surface area (Å²) in [4.78, 5) is 0. The van der Waals surface area contributed by atoms with E-state index in [0.29, 0.717) is 37.4 Å². The van der Waals surface area contributed by atoms with Crippen LogP contribution in [-0.4, -0.2) is 43.6 Å². The van der Waals surface area contributed by atoms with E-state index in [2.05, 4.69) is 5.32 Å². The second-order valence-corrected chi connectivity index (χ2v) is 6.92. The molecule has 1 atom stereocenters. The molecule has 1 fully saturated rings. The molecular formula is C19H30ClNO3. The van der Waals surface area contributed by atoms with Crippen molar-refractivity contribution in [1.82, 2.24) is 5.32 Å². The Labute approximate surface area is 150 Å². The Bertz CT molecular complexity index is 433. The van der Waals surface area contributed by atoms with Crippen LogP contribution in [0.2, 0.25) is 5.02 Å². The summed E-state index contributed by atoms with van der Waals surface area (Å²) in [7, 11) is 0. The quantitative estimate of drug-likeness (QED) is 0.661. The third-order valence-electron chi connectivity index (χ3n) is 4.37. The molecule has 0 amide bonds. The highest BCUT2D eigenvalue weighted by Crippen LogP contribution is 2.17. The summed E-state index contributed by atoms with van der Waals surface area (Å²) in [6, 6.07) is 7.80. The number of hydrogen-bond donors (Lipinski definition) is 2. The molecule has 2 N–H and O–H groups in total. The van der Waals surface area contributed by atoms with E-state index in [1.54, 1.807) is 12.1 Å². The van der Waals surface area contributed by atoms with E-state index in [-0.39, 0.29) is 0 Å². The van der Waals surface area contributed by atoms with Crippen LogP contribution in [0.15, 0.2) is 24.3 Å². The zero-order chi connectivity index (χ0) is 17.0. The lowest BCUT2D eigenvalue weighted by molar-refractivity contribution is 0.0236. The van der Waals surface area contributed by atoms with E-state index in [4.69, 9.17) is 21.1 Å². The summed E-state index contributed by atoms with van der Waals surface area (Å²) in [5.74, 6) is 0.773. The van der Waals surface area contributed by atoms with Crippen LogP contribution in [0.3, 0.4) is 0 Å². The molecule has 0 aromatic heterocycles. The second kappa shape index (κ2) is 11.7. The Morgan fingerprint density at radius 3 is 2.42 bits per heavy atom. The summed E-state index contributed by atoms with van der Waals surface area (Å²) < 4.78 is 11.0. The maximum atomic E-state index is 10.0. The highest BCUT2D eigenvalue weighted by molar-refractivity contribution is 6.30. The first kappa shape index (κ1) is 19.5. The van der Waals surface area contributed by atoms with Crippen molar-refractivity contribution in [2.75, 3.05) is 26.4 Å². The maximum Gasteiger partial charge on any atom is 0.119 e. The van der Waals surface area contributed by atoms with Gasteiger partial charge in [0.15, 0.2) is 0 Å². The van der Waals surface area contributed by atoms with Crippen LogP contribution in [0.4, 0.5) is 0 Å². The minimum Gasteiger partial charge on any atom is -0.491 e. The van der Waals surface area contributed by atoms with Crippen LogP contribution in [0.25, 0.3) is 0 Å². The number of rotatable bonds is 9. The van der Waals surface area contributed by atoms with Crippen LogP contribution in [0.1, 0.15) is 44.9 Å². The molecule has 1 aliphatic carbocycles. The topological polar surface area (TPSA) is 50.7 Å². The van der Waals surface area contributed by atoms with Crippen molar-refractivity contribution < 1.29 is 14.6 Å². The van der Waals surface area contributed by atoms with Crippen molar-refractivity contribution in [2.24, 2.45) is 0 Å². The van der Waals surface area contributed by atoms with Crippen molar-refractivity contribution in [1.29, 1.82) is 0 Å². The summed E-state index contributed by atoms with van der Waals surface area (Å²) in [5.41, 5.74) is 0. The van der Waals surface area contributed by atoms with Gasteiger partial charge in [0, 0.05) is 17.6 Å². The number of benzene rings is 1. The molecule has 0 bridgehead atoms. The van der Waals surface area contributed by atoms with Crippen molar-refractivity contribution in [3.05, 3.63) is 29.3 Å². The average Bonchev–Trinajstić information content (AvgIpc) is 2.55. The maximum absolute atomic E-state index is 10.0. The highest BCUT2D eigenvalue weighted by Gasteiger charge is 2.12. The second-order valence-electron chi connectivity index (χ2n) is 6.48. The van der Waals surface area contributed by atoms with Gasteiger partial charge in [0.2, 0.25) is 0 Å². The van der Waals surface area contributed by atoms with Gasteiger partial charge in [0.1, 0.15) is 12.4 Å². The molecule has 136 valence electrons. The van der Waals surface area contributed by atoms with Gasteiger partial charge in [-0.15, -0.1) is 0 Å². The fraction of sp³-hybridized carbons (Fsp3) is 0.684. The van der Waals surface area contributed by atoms with Crippen molar-refractivity contribution in [3.8, 4) is 5.75 Å². The predicted octanol–water partition coefficient (Wildman–Crippen LogP) is 3.80. The lowest BCUT2D eigenvalue weighted by Gasteiger charge is -2.22. The van der Waals surface area contributed by atoms with E-state index in [1.165, 1.54) is 44.9 Å². The molecule has 4 nitrogen and oxygen atoms in total. The minimum absolute atomic E-state index is 0.337. The van der Waals surface area contributed by atoms with Crippen LogP contribution >= 0.6 is 11.6 Å². The molecule has 2 rings (SSSR count). The zero-order valence-corrected chi connectivity index (χ0v) is 15.1. The first-order valence-electron chi connectivity index (χ1n) is 9.11. The number of ether oxygens (including phenoxy) is 2.